The molecule has 0 aliphatic rings. The molecule has 2 aromatic rings. The molecule has 1 amide bonds. The van der Waals surface area contributed by atoms with Gasteiger partial charge in [-0.2, -0.15) is 5.26 Å². The standard InChI is InChI=1S/C20H20N2O3S/c1-24-19-15-16(7-9-18(19)25-13-11-21)8-10-20(23)22-12-14-26-17-5-3-2-4-6-17/h2-10,15H,12-14H2,1H3,(H,22,23)/b10-8+. The van der Waals surface area contributed by atoms with E-state index < -0.39 is 0 Å². The molecule has 0 saturated carbocycles. The summed E-state index contributed by atoms with van der Waals surface area (Å²) in [6.07, 6.45) is 3.19. The van der Waals surface area contributed by atoms with Gasteiger partial charge in [0.05, 0.1) is 7.11 Å². The van der Waals surface area contributed by atoms with Gasteiger partial charge in [-0.1, -0.05) is 24.3 Å². The number of carbonyl (C=O) groups is 1. The van der Waals surface area contributed by atoms with Crippen molar-refractivity contribution >= 4 is 23.7 Å². The number of benzene rings is 2. The zero-order valence-electron chi connectivity index (χ0n) is 14.5. The van der Waals surface area contributed by atoms with Crippen molar-refractivity contribution in [2.45, 2.75) is 4.90 Å². The molecule has 0 radical (unpaired) electrons. The maximum Gasteiger partial charge on any atom is 0.244 e. The third-order valence-electron chi connectivity index (χ3n) is 3.32. The number of nitrogens with zero attached hydrogens (tertiary/aromatic N) is 1. The van der Waals surface area contributed by atoms with Crippen LogP contribution in [0.3, 0.4) is 0 Å². The highest BCUT2D eigenvalue weighted by Gasteiger charge is 2.05. The SMILES string of the molecule is COc1cc(/C=C/C(=O)NCCSc2ccccc2)ccc1OCC#N. The van der Waals surface area contributed by atoms with Crippen LogP contribution in [-0.2, 0) is 4.79 Å². The molecule has 0 unspecified atom stereocenters. The number of rotatable bonds is 9. The van der Waals surface area contributed by atoms with E-state index in [0.717, 1.165) is 11.3 Å². The van der Waals surface area contributed by atoms with E-state index in [2.05, 4.69) is 5.32 Å². The Morgan fingerprint density at radius 3 is 2.77 bits per heavy atom. The molecular formula is C20H20N2O3S. The number of carbonyl (C=O) groups excluding carboxylic acids is 1. The molecule has 0 fully saturated rings. The highest BCUT2D eigenvalue weighted by atomic mass is 32.2. The van der Waals surface area contributed by atoms with E-state index in [4.69, 9.17) is 14.7 Å². The summed E-state index contributed by atoms with van der Waals surface area (Å²) in [5.41, 5.74) is 0.806. The van der Waals surface area contributed by atoms with Gasteiger partial charge in [0.15, 0.2) is 18.1 Å². The van der Waals surface area contributed by atoms with Crippen molar-refractivity contribution in [2.24, 2.45) is 0 Å². The highest BCUT2D eigenvalue weighted by Crippen LogP contribution is 2.28. The molecule has 0 bridgehead atoms. The smallest absolute Gasteiger partial charge is 0.244 e. The Labute approximate surface area is 157 Å². The Bertz CT molecular complexity index is 785. The minimum Gasteiger partial charge on any atom is -0.493 e. The lowest BCUT2D eigenvalue weighted by molar-refractivity contribution is -0.116. The summed E-state index contributed by atoms with van der Waals surface area (Å²) in [5, 5.41) is 11.4. The fraction of sp³-hybridized carbons (Fsp3) is 0.200. The number of nitrogens with one attached hydrogen (secondary N) is 1. The molecule has 0 saturated heterocycles. The van der Waals surface area contributed by atoms with Crippen molar-refractivity contribution in [2.75, 3.05) is 26.0 Å². The quantitative estimate of drug-likeness (QED) is 0.417. The molecule has 0 aromatic heterocycles. The van der Waals surface area contributed by atoms with E-state index >= 15 is 0 Å². The van der Waals surface area contributed by atoms with Gasteiger partial charge in [0.25, 0.3) is 0 Å². The van der Waals surface area contributed by atoms with Crippen molar-refractivity contribution in [3.05, 3.63) is 60.2 Å². The monoisotopic (exact) mass is 368 g/mol. The minimum atomic E-state index is -0.151. The van der Waals surface area contributed by atoms with Gasteiger partial charge >= 0.3 is 0 Å². The Kier molecular flexibility index (Phi) is 8.10. The fourth-order valence-electron chi connectivity index (χ4n) is 2.11. The minimum absolute atomic E-state index is 0.0467. The molecule has 0 aliphatic carbocycles. The van der Waals surface area contributed by atoms with Crippen LogP contribution in [0.15, 0.2) is 59.5 Å². The lowest BCUT2D eigenvalue weighted by Crippen LogP contribution is -2.23. The van der Waals surface area contributed by atoms with Crippen LogP contribution in [0.1, 0.15) is 5.56 Å². The number of hydrogen-bond donors (Lipinski definition) is 1. The average Bonchev–Trinajstić information content (AvgIpc) is 2.69. The van der Waals surface area contributed by atoms with Crippen LogP contribution in [0.25, 0.3) is 6.08 Å². The molecule has 6 heteroatoms. The number of nitriles is 1. The summed E-state index contributed by atoms with van der Waals surface area (Å²) in [4.78, 5) is 13.1. The average molecular weight is 368 g/mol. The number of amides is 1. The molecule has 26 heavy (non-hydrogen) atoms. The predicted octanol–water partition coefficient (Wildman–Crippen LogP) is 3.52. The molecule has 5 nitrogen and oxygen atoms in total. The molecular weight excluding hydrogens is 348 g/mol. The van der Waals surface area contributed by atoms with Gasteiger partial charge in [-0.3, -0.25) is 4.79 Å². The van der Waals surface area contributed by atoms with Gasteiger partial charge in [-0.25, -0.2) is 0 Å². The normalized spacial score (nSPS) is 10.3. The third kappa shape index (κ3) is 6.54. The first-order valence-corrected chi connectivity index (χ1v) is 9.03. The van der Waals surface area contributed by atoms with Crippen LogP contribution < -0.4 is 14.8 Å². The molecule has 2 aromatic carbocycles. The summed E-state index contributed by atoms with van der Waals surface area (Å²) in [6.45, 7) is 0.544. The molecule has 0 spiro atoms. The fourth-order valence-corrected chi connectivity index (χ4v) is 2.90. The van der Waals surface area contributed by atoms with E-state index in [1.165, 1.54) is 18.1 Å². The molecule has 2 rings (SSSR count). The van der Waals surface area contributed by atoms with Crippen LogP contribution in [-0.4, -0.2) is 31.9 Å². The lowest BCUT2D eigenvalue weighted by atomic mass is 10.2. The van der Waals surface area contributed by atoms with Crippen LogP contribution in [0.4, 0.5) is 0 Å². The maximum atomic E-state index is 11.9. The number of methoxy groups -OCH3 is 1. The van der Waals surface area contributed by atoms with Crippen molar-refractivity contribution in [3.8, 4) is 17.6 Å². The summed E-state index contributed by atoms with van der Waals surface area (Å²) < 4.78 is 10.5. The van der Waals surface area contributed by atoms with E-state index in [1.54, 1.807) is 36.0 Å². The molecule has 1 N–H and O–H groups in total. The second-order valence-corrected chi connectivity index (χ2v) is 6.31. The van der Waals surface area contributed by atoms with Crippen LogP contribution >= 0.6 is 11.8 Å². The van der Waals surface area contributed by atoms with E-state index in [1.807, 2.05) is 36.4 Å². The van der Waals surface area contributed by atoms with E-state index in [-0.39, 0.29) is 12.5 Å². The number of ether oxygens (including phenoxy) is 2. The zero-order chi connectivity index (χ0) is 18.6. The second-order valence-electron chi connectivity index (χ2n) is 5.14. The number of hydrogen-bond acceptors (Lipinski definition) is 5. The van der Waals surface area contributed by atoms with Gasteiger partial charge in [-0.05, 0) is 35.9 Å². The summed E-state index contributed by atoms with van der Waals surface area (Å²) in [7, 11) is 1.53. The molecule has 0 aliphatic heterocycles. The lowest BCUT2D eigenvalue weighted by Gasteiger charge is -2.08. The van der Waals surface area contributed by atoms with Crippen molar-refractivity contribution in [1.29, 1.82) is 5.26 Å². The topological polar surface area (TPSA) is 71.3 Å². The molecule has 0 atom stereocenters. The first-order valence-electron chi connectivity index (χ1n) is 8.04. The van der Waals surface area contributed by atoms with E-state index in [0.29, 0.717) is 18.0 Å². The van der Waals surface area contributed by atoms with Gasteiger partial charge < -0.3 is 14.8 Å². The van der Waals surface area contributed by atoms with Gasteiger partial charge in [0.2, 0.25) is 5.91 Å². The third-order valence-corrected chi connectivity index (χ3v) is 4.33. The maximum absolute atomic E-state index is 11.9. The summed E-state index contributed by atoms with van der Waals surface area (Å²) in [5.74, 6) is 1.67. The Hall–Kier alpha value is -2.91. The molecule has 0 heterocycles. The van der Waals surface area contributed by atoms with Crippen molar-refractivity contribution in [3.63, 3.8) is 0 Å². The van der Waals surface area contributed by atoms with Crippen LogP contribution in [0.5, 0.6) is 11.5 Å². The van der Waals surface area contributed by atoms with Crippen LogP contribution in [0.2, 0.25) is 0 Å². The van der Waals surface area contributed by atoms with Crippen molar-refractivity contribution in [1.82, 2.24) is 5.32 Å². The first kappa shape index (κ1) is 19.4. The summed E-state index contributed by atoms with van der Waals surface area (Å²) in [6, 6.07) is 17.2. The largest absolute Gasteiger partial charge is 0.493 e. The Balaban J connectivity index is 1.80. The Morgan fingerprint density at radius 1 is 1.23 bits per heavy atom. The molecule has 134 valence electrons. The van der Waals surface area contributed by atoms with Crippen LogP contribution in [0, 0.1) is 11.3 Å². The summed E-state index contributed by atoms with van der Waals surface area (Å²) >= 11 is 1.70. The second kappa shape index (κ2) is 10.9. The zero-order valence-corrected chi connectivity index (χ0v) is 15.3. The van der Waals surface area contributed by atoms with Crippen molar-refractivity contribution < 1.29 is 14.3 Å². The first-order chi connectivity index (χ1) is 12.7. The Morgan fingerprint density at radius 2 is 2.04 bits per heavy atom. The predicted molar refractivity (Wildman–Crippen MR) is 103 cm³/mol. The highest BCUT2D eigenvalue weighted by molar-refractivity contribution is 7.99. The van der Waals surface area contributed by atoms with Gasteiger partial charge in [-0.15, -0.1) is 11.8 Å². The van der Waals surface area contributed by atoms with Gasteiger partial charge in [0, 0.05) is 23.3 Å². The number of thioether (sulfide) groups is 1. The van der Waals surface area contributed by atoms with E-state index in [9.17, 15) is 4.79 Å². The van der Waals surface area contributed by atoms with Gasteiger partial charge in [0.1, 0.15) is 6.07 Å².